The Morgan fingerprint density at radius 2 is 1.85 bits per heavy atom. The first-order valence-electron chi connectivity index (χ1n) is 11.3. The van der Waals surface area contributed by atoms with Gasteiger partial charge in [0.1, 0.15) is 11.6 Å². The predicted octanol–water partition coefficient (Wildman–Crippen LogP) is 2.99. The Bertz CT molecular complexity index is 1290. The molecule has 5 rings (SSSR count). The first kappa shape index (κ1) is 21.2. The van der Waals surface area contributed by atoms with Crippen LogP contribution in [0.3, 0.4) is 0 Å². The van der Waals surface area contributed by atoms with Crippen LogP contribution in [-0.4, -0.2) is 68.1 Å². The number of Topliss-reactive ketones (excluding diaryl/α,β-unsaturated/α-hetero) is 1. The largest absolute Gasteiger partial charge is 0.354 e. The number of aromatic nitrogens is 5. The lowest BCUT2D eigenvalue weighted by Crippen LogP contribution is -2.46. The van der Waals surface area contributed by atoms with Crippen LogP contribution in [0.4, 0.5) is 5.82 Å². The summed E-state index contributed by atoms with van der Waals surface area (Å²) in [6, 6.07) is 9.71. The van der Waals surface area contributed by atoms with Gasteiger partial charge in [0.2, 0.25) is 0 Å². The molecule has 0 N–H and O–H groups in total. The monoisotopic (exact) mass is 441 g/mol. The van der Waals surface area contributed by atoms with E-state index in [4.69, 9.17) is 0 Å². The molecule has 4 aromatic rings. The molecule has 4 heterocycles. The molecule has 0 bridgehead atoms. The minimum Gasteiger partial charge on any atom is -0.354 e. The zero-order chi connectivity index (χ0) is 22.8. The van der Waals surface area contributed by atoms with Crippen LogP contribution in [0.2, 0.25) is 0 Å². The molecule has 3 aromatic heterocycles. The van der Waals surface area contributed by atoms with Crippen molar-refractivity contribution in [2.24, 2.45) is 7.05 Å². The van der Waals surface area contributed by atoms with Gasteiger partial charge < -0.3 is 9.80 Å². The number of likely N-dealkylation sites (N-methyl/N-ethyl adjacent to an activating group) is 1. The second-order valence-electron chi connectivity index (χ2n) is 8.39. The Kier molecular flexibility index (Phi) is 5.83. The third-order valence-electron chi connectivity index (χ3n) is 6.20. The summed E-state index contributed by atoms with van der Waals surface area (Å²) in [4.78, 5) is 31.3. The molecule has 0 aliphatic carbocycles. The van der Waals surface area contributed by atoms with Gasteiger partial charge in [0, 0.05) is 68.3 Å². The lowest BCUT2D eigenvalue weighted by molar-refractivity contribution is 0.0991. The van der Waals surface area contributed by atoms with Crippen LogP contribution in [-0.2, 0) is 13.5 Å². The van der Waals surface area contributed by atoms with E-state index in [-0.39, 0.29) is 12.2 Å². The third-order valence-corrected chi connectivity index (χ3v) is 6.20. The SMILES string of the molecule is CCN1CCN(c2cc(C(=O)Cc3ncc4ccc(-c5cnn(C)c5)cc4n3)ccn2)CC1. The number of carbonyl (C=O) groups excluding carboxylic acids is 1. The van der Waals surface area contributed by atoms with Gasteiger partial charge in [0.15, 0.2) is 5.78 Å². The fraction of sp³-hybridized carbons (Fsp3) is 0.320. The van der Waals surface area contributed by atoms with Gasteiger partial charge in [0.05, 0.1) is 18.1 Å². The third kappa shape index (κ3) is 4.61. The van der Waals surface area contributed by atoms with Gasteiger partial charge in [-0.15, -0.1) is 0 Å². The van der Waals surface area contributed by atoms with Crippen LogP contribution in [0.5, 0.6) is 0 Å². The molecule has 0 radical (unpaired) electrons. The number of hydrogen-bond donors (Lipinski definition) is 0. The first-order valence-corrected chi connectivity index (χ1v) is 11.3. The molecular formula is C25H27N7O. The average Bonchev–Trinajstić information content (AvgIpc) is 3.30. The number of nitrogens with zero attached hydrogens (tertiary/aromatic N) is 7. The second-order valence-corrected chi connectivity index (χ2v) is 8.39. The van der Waals surface area contributed by atoms with Crippen molar-refractivity contribution in [2.45, 2.75) is 13.3 Å². The van der Waals surface area contributed by atoms with Gasteiger partial charge in [-0.05, 0) is 30.3 Å². The molecule has 1 fully saturated rings. The van der Waals surface area contributed by atoms with Crippen LogP contribution in [0.15, 0.2) is 55.1 Å². The van der Waals surface area contributed by atoms with E-state index in [1.165, 1.54) is 0 Å². The van der Waals surface area contributed by atoms with Crippen LogP contribution < -0.4 is 4.90 Å². The molecular weight excluding hydrogens is 414 g/mol. The van der Waals surface area contributed by atoms with E-state index < -0.39 is 0 Å². The summed E-state index contributed by atoms with van der Waals surface area (Å²) < 4.78 is 1.77. The van der Waals surface area contributed by atoms with Crippen molar-refractivity contribution in [3.05, 3.63) is 66.5 Å². The fourth-order valence-electron chi connectivity index (χ4n) is 4.20. The number of benzene rings is 1. The molecule has 1 aliphatic rings. The fourth-order valence-corrected chi connectivity index (χ4v) is 4.20. The summed E-state index contributed by atoms with van der Waals surface area (Å²) in [6.07, 6.45) is 7.45. The Morgan fingerprint density at radius 1 is 1.00 bits per heavy atom. The molecule has 0 atom stereocenters. The maximum Gasteiger partial charge on any atom is 0.170 e. The van der Waals surface area contributed by atoms with E-state index in [2.05, 4.69) is 36.8 Å². The van der Waals surface area contributed by atoms with Crippen molar-refractivity contribution < 1.29 is 4.79 Å². The first-order chi connectivity index (χ1) is 16.1. The van der Waals surface area contributed by atoms with Crippen molar-refractivity contribution in [1.29, 1.82) is 0 Å². The lowest BCUT2D eigenvalue weighted by Gasteiger charge is -2.34. The highest BCUT2D eigenvalue weighted by atomic mass is 16.1. The second kappa shape index (κ2) is 9.07. The van der Waals surface area contributed by atoms with Crippen molar-refractivity contribution in [3.63, 3.8) is 0 Å². The van der Waals surface area contributed by atoms with Crippen molar-refractivity contribution in [1.82, 2.24) is 29.6 Å². The number of pyridine rings is 1. The molecule has 0 amide bonds. The van der Waals surface area contributed by atoms with Gasteiger partial charge in [-0.2, -0.15) is 5.10 Å². The minimum absolute atomic E-state index is 0.00592. The standard InChI is InChI=1S/C25H27N7O/c1-3-31-8-10-32(11-9-31)25-13-19(6-7-26-25)23(33)14-24-27-15-20-5-4-18(12-22(20)29-24)21-16-28-30(2)17-21/h4-7,12-13,15-17H,3,8-11,14H2,1-2H3. The van der Waals surface area contributed by atoms with Gasteiger partial charge in [0.25, 0.3) is 0 Å². The predicted molar refractivity (Wildman–Crippen MR) is 128 cm³/mol. The number of anilines is 1. The molecule has 1 saturated heterocycles. The molecule has 1 aliphatic heterocycles. The van der Waals surface area contributed by atoms with Crippen molar-refractivity contribution in [3.8, 4) is 11.1 Å². The van der Waals surface area contributed by atoms with E-state index in [1.807, 2.05) is 43.7 Å². The molecule has 33 heavy (non-hydrogen) atoms. The highest BCUT2D eigenvalue weighted by molar-refractivity contribution is 5.98. The van der Waals surface area contributed by atoms with Gasteiger partial charge in [-0.3, -0.25) is 9.48 Å². The maximum atomic E-state index is 13.0. The molecule has 1 aromatic carbocycles. The zero-order valence-electron chi connectivity index (χ0n) is 19.0. The van der Waals surface area contributed by atoms with Crippen LogP contribution in [0.1, 0.15) is 23.1 Å². The number of fused-ring (bicyclic) bond motifs is 1. The number of carbonyl (C=O) groups is 1. The molecule has 8 nitrogen and oxygen atoms in total. The number of ketones is 1. The van der Waals surface area contributed by atoms with Crippen LogP contribution in [0, 0.1) is 0 Å². The summed E-state index contributed by atoms with van der Waals surface area (Å²) in [5, 5.41) is 5.18. The minimum atomic E-state index is -0.00592. The Hall–Kier alpha value is -3.65. The highest BCUT2D eigenvalue weighted by Crippen LogP contribution is 2.23. The Morgan fingerprint density at radius 3 is 2.61 bits per heavy atom. The highest BCUT2D eigenvalue weighted by Gasteiger charge is 2.18. The Balaban J connectivity index is 1.33. The maximum absolute atomic E-state index is 13.0. The van der Waals surface area contributed by atoms with Gasteiger partial charge >= 0.3 is 0 Å². The Labute approximate surface area is 192 Å². The van der Waals surface area contributed by atoms with Crippen molar-refractivity contribution in [2.75, 3.05) is 37.6 Å². The van der Waals surface area contributed by atoms with Crippen LogP contribution >= 0.6 is 0 Å². The topological polar surface area (TPSA) is 80.0 Å². The molecule has 8 heteroatoms. The summed E-state index contributed by atoms with van der Waals surface area (Å²) in [5.74, 6) is 1.37. The molecule has 168 valence electrons. The van der Waals surface area contributed by atoms with E-state index in [0.717, 1.165) is 60.6 Å². The smallest absolute Gasteiger partial charge is 0.170 e. The number of hydrogen-bond acceptors (Lipinski definition) is 7. The number of rotatable bonds is 6. The summed E-state index contributed by atoms with van der Waals surface area (Å²) in [5.41, 5.74) is 3.53. The average molecular weight is 442 g/mol. The molecule has 0 saturated carbocycles. The zero-order valence-corrected chi connectivity index (χ0v) is 19.0. The number of piperazine rings is 1. The number of aryl methyl sites for hydroxylation is 1. The van der Waals surface area contributed by atoms with E-state index in [0.29, 0.717) is 11.4 Å². The quantitative estimate of drug-likeness (QED) is 0.426. The summed E-state index contributed by atoms with van der Waals surface area (Å²) >= 11 is 0. The van der Waals surface area contributed by atoms with Crippen LogP contribution in [0.25, 0.3) is 22.0 Å². The summed E-state index contributed by atoms with van der Waals surface area (Å²) in [6.45, 7) is 7.12. The van der Waals surface area contributed by atoms with E-state index >= 15 is 0 Å². The van der Waals surface area contributed by atoms with Gasteiger partial charge in [-0.1, -0.05) is 19.1 Å². The molecule has 0 unspecified atom stereocenters. The lowest BCUT2D eigenvalue weighted by atomic mass is 10.1. The summed E-state index contributed by atoms with van der Waals surface area (Å²) in [7, 11) is 1.89. The molecule has 0 spiro atoms. The van der Waals surface area contributed by atoms with Crippen molar-refractivity contribution >= 4 is 22.5 Å². The van der Waals surface area contributed by atoms with E-state index in [1.54, 1.807) is 23.1 Å². The van der Waals surface area contributed by atoms with Gasteiger partial charge in [-0.25, -0.2) is 15.0 Å². The normalized spacial score (nSPS) is 14.7. The van der Waals surface area contributed by atoms with E-state index in [9.17, 15) is 4.79 Å².